The minimum atomic E-state index is -0.699. The van der Waals surface area contributed by atoms with E-state index in [1.54, 1.807) is 24.3 Å². The molecule has 12 nitrogen and oxygen atoms in total. The van der Waals surface area contributed by atoms with Crippen LogP contribution in [-0.2, 0) is 9.53 Å². The van der Waals surface area contributed by atoms with E-state index in [0.717, 1.165) is 4.68 Å². The summed E-state index contributed by atoms with van der Waals surface area (Å²) in [6, 6.07) is 8.54. The fourth-order valence-corrected chi connectivity index (χ4v) is 4.63. The number of H-pyrrole nitrogens is 1. The van der Waals surface area contributed by atoms with Crippen LogP contribution in [0.25, 0.3) is 16.9 Å². The highest BCUT2D eigenvalue weighted by Crippen LogP contribution is 2.35. The Labute approximate surface area is 248 Å². The van der Waals surface area contributed by atoms with Crippen LogP contribution in [-0.4, -0.2) is 50.0 Å². The number of benzene rings is 2. The van der Waals surface area contributed by atoms with Crippen molar-refractivity contribution in [2.75, 3.05) is 17.7 Å². The lowest BCUT2D eigenvalue weighted by Crippen LogP contribution is -2.29. The summed E-state index contributed by atoms with van der Waals surface area (Å²) in [5, 5.41) is 16.1. The number of imidazole rings is 1. The van der Waals surface area contributed by atoms with Gasteiger partial charge in [-0.05, 0) is 43.2 Å². The van der Waals surface area contributed by atoms with Crippen molar-refractivity contribution >= 4 is 52.5 Å². The maximum atomic E-state index is 14.5. The SMILES string of the molecule is COC(=O)Nc1ccc2c(c1)NC(=O)CCC=CCC(NC(=O)c1cn(-c3cccc(Cl)c3F)nn1)c1nc-2c(Cl)[nH]1. The molecule has 1 atom stereocenters. The molecule has 1 aliphatic rings. The standard InChI is InChI=1S/C27H23Cl2FN8O4/c1-42-27(41)31-14-10-11-15-18(12-14)32-21(39)9-4-2-3-7-17(25-34-23(15)24(29)35-25)33-26(40)19-13-38(37-36-19)20-8-5-6-16(28)22(20)30/h2-3,5-6,8,10-13,17H,4,7,9H2,1H3,(H,31,41)(H,32,39)(H,33,40)(H,34,35). The molecule has 4 N–H and O–H groups in total. The van der Waals surface area contributed by atoms with Crippen molar-refractivity contribution in [1.29, 1.82) is 0 Å². The number of aromatic amines is 1. The summed E-state index contributed by atoms with van der Waals surface area (Å²) in [5.41, 5.74) is 1.51. The molecule has 2 bridgehead atoms. The topological polar surface area (TPSA) is 156 Å². The average Bonchev–Trinajstić information content (AvgIpc) is 3.61. The Kier molecular flexibility index (Phi) is 8.50. The molecule has 3 heterocycles. The normalized spacial score (nSPS) is 15.0. The second kappa shape index (κ2) is 12.4. The van der Waals surface area contributed by atoms with Crippen molar-refractivity contribution in [3.05, 3.63) is 82.3 Å². The van der Waals surface area contributed by atoms with E-state index >= 15 is 0 Å². The van der Waals surface area contributed by atoms with Crippen LogP contribution in [0.15, 0.2) is 54.7 Å². The number of nitrogens with one attached hydrogen (secondary N) is 4. The van der Waals surface area contributed by atoms with E-state index in [1.807, 2.05) is 12.2 Å². The molecule has 42 heavy (non-hydrogen) atoms. The molecule has 0 saturated carbocycles. The van der Waals surface area contributed by atoms with Gasteiger partial charge in [0, 0.05) is 17.7 Å². The van der Waals surface area contributed by atoms with Crippen molar-refractivity contribution in [1.82, 2.24) is 30.3 Å². The molecule has 4 aromatic rings. The third-order valence-corrected chi connectivity index (χ3v) is 6.84. The zero-order chi connectivity index (χ0) is 29.8. The highest BCUT2D eigenvalue weighted by molar-refractivity contribution is 6.32. The predicted molar refractivity (Wildman–Crippen MR) is 153 cm³/mol. The Morgan fingerprint density at radius 1 is 1.19 bits per heavy atom. The van der Waals surface area contributed by atoms with Gasteiger partial charge in [-0.2, -0.15) is 0 Å². The average molecular weight is 613 g/mol. The lowest BCUT2D eigenvalue weighted by molar-refractivity contribution is -0.116. The largest absolute Gasteiger partial charge is 0.453 e. The first-order valence-electron chi connectivity index (χ1n) is 12.6. The Balaban J connectivity index is 1.46. The number of carbonyl (C=O) groups excluding carboxylic acids is 3. The summed E-state index contributed by atoms with van der Waals surface area (Å²) < 4.78 is 20.2. The molecule has 5 rings (SSSR count). The van der Waals surface area contributed by atoms with Gasteiger partial charge in [0.1, 0.15) is 22.4 Å². The van der Waals surface area contributed by atoms with E-state index in [-0.39, 0.29) is 33.9 Å². The minimum Gasteiger partial charge on any atom is -0.453 e. The lowest BCUT2D eigenvalue weighted by atomic mass is 10.1. The summed E-state index contributed by atoms with van der Waals surface area (Å²) in [5.74, 6) is -1.20. The number of carbonyl (C=O) groups is 3. The number of rotatable bonds is 4. The second-order valence-corrected chi connectivity index (χ2v) is 9.89. The molecule has 0 fully saturated rings. The van der Waals surface area contributed by atoms with Gasteiger partial charge >= 0.3 is 6.09 Å². The summed E-state index contributed by atoms with van der Waals surface area (Å²) in [6.07, 6.45) is 5.17. The van der Waals surface area contributed by atoms with Gasteiger partial charge in [-0.25, -0.2) is 18.9 Å². The number of methoxy groups -OCH3 is 1. The zero-order valence-electron chi connectivity index (χ0n) is 22.0. The van der Waals surface area contributed by atoms with Crippen molar-refractivity contribution in [2.24, 2.45) is 0 Å². The van der Waals surface area contributed by atoms with Crippen LogP contribution < -0.4 is 16.0 Å². The molecule has 15 heteroatoms. The number of nitrogens with zero attached hydrogens (tertiary/aromatic N) is 4. The highest BCUT2D eigenvalue weighted by atomic mass is 35.5. The molecule has 0 spiro atoms. The van der Waals surface area contributed by atoms with Crippen LogP contribution in [0.4, 0.5) is 20.6 Å². The van der Waals surface area contributed by atoms with Crippen molar-refractivity contribution < 1.29 is 23.5 Å². The number of hydrogen-bond acceptors (Lipinski definition) is 7. The molecule has 216 valence electrons. The summed E-state index contributed by atoms with van der Waals surface area (Å²) in [6.45, 7) is 0. The Hall–Kier alpha value is -4.75. The smallest absolute Gasteiger partial charge is 0.411 e. The Bertz CT molecular complexity index is 1700. The van der Waals surface area contributed by atoms with E-state index in [2.05, 4.69) is 41.0 Å². The molecule has 2 aromatic carbocycles. The second-order valence-electron chi connectivity index (χ2n) is 9.10. The van der Waals surface area contributed by atoms with Gasteiger partial charge in [0.2, 0.25) is 5.91 Å². The number of amides is 3. The number of anilines is 2. The molecular formula is C27H23Cl2FN8O4. The van der Waals surface area contributed by atoms with E-state index in [9.17, 15) is 18.8 Å². The Morgan fingerprint density at radius 2 is 2.02 bits per heavy atom. The predicted octanol–water partition coefficient (Wildman–Crippen LogP) is 5.43. The molecule has 3 amide bonds. The molecule has 2 aromatic heterocycles. The number of ether oxygens (including phenoxy) is 1. The van der Waals surface area contributed by atoms with Crippen molar-refractivity contribution in [3.63, 3.8) is 0 Å². The molecule has 0 aliphatic carbocycles. The van der Waals surface area contributed by atoms with Crippen LogP contribution in [0.3, 0.4) is 0 Å². The van der Waals surface area contributed by atoms with Crippen molar-refractivity contribution in [3.8, 4) is 16.9 Å². The number of halogens is 3. The van der Waals surface area contributed by atoms with Gasteiger partial charge in [0.05, 0.1) is 30.1 Å². The fourth-order valence-electron chi connectivity index (χ4n) is 4.22. The van der Waals surface area contributed by atoms with Gasteiger partial charge in [-0.15, -0.1) is 5.10 Å². The first-order chi connectivity index (χ1) is 20.2. The Morgan fingerprint density at radius 3 is 2.83 bits per heavy atom. The first kappa shape index (κ1) is 28.8. The van der Waals surface area contributed by atoms with E-state index in [0.29, 0.717) is 41.3 Å². The lowest BCUT2D eigenvalue weighted by Gasteiger charge is -2.14. The number of allylic oxidation sites excluding steroid dienone is 1. The quantitative estimate of drug-likeness (QED) is 0.224. The fraction of sp³-hybridized carbons (Fsp3) is 0.185. The molecule has 0 saturated heterocycles. The molecule has 1 unspecified atom stereocenters. The van der Waals surface area contributed by atoms with Gasteiger partial charge < -0.3 is 20.4 Å². The summed E-state index contributed by atoms with van der Waals surface area (Å²) in [4.78, 5) is 45.2. The minimum absolute atomic E-state index is 0.0354. The first-order valence-corrected chi connectivity index (χ1v) is 13.4. The van der Waals surface area contributed by atoms with Crippen LogP contribution in [0, 0.1) is 5.82 Å². The van der Waals surface area contributed by atoms with Crippen LogP contribution >= 0.6 is 23.2 Å². The van der Waals surface area contributed by atoms with Gasteiger partial charge in [0.25, 0.3) is 5.91 Å². The molecule has 1 aliphatic heterocycles. The zero-order valence-corrected chi connectivity index (χ0v) is 23.5. The van der Waals surface area contributed by atoms with Gasteiger partial charge in [-0.3, -0.25) is 14.9 Å². The molecule has 0 radical (unpaired) electrons. The van der Waals surface area contributed by atoms with E-state index in [1.165, 1.54) is 25.4 Å². The van der Waals surface area contributed by atoms with Crippen molar-refractivity contribution in [2.45, 2.75) is 25.3 Å². The maximum Gasteiger partial charge on any atom is 0.411 e. The monoisotopic (exact) mass is 612 g/mol. The van der Waals surface area contributed by atoms with Gasteiger partial charge in [0.15, 0.2) is 11.5 Å². The number of fused-ring (bicyclic) bond motifs is 4. The van der Waals surface area contributed by atoms with E-state index < -0.39 is 23.9 Å². The summed E-state index contributed by atoms with van der Waals surface area (Å²) >= 11 is 12.4. The van der Waals surface area contributed by atoms with Crippen LogP contribution in [0.5, 0.6) is 0 Å². The number of aromatic nitrogens is 5. The van der Waals surface area contributed by atoms with Crippen LogP contribution in [0.1, 0.15) is 41.6 Å². The molecular weight excluding hydrogens is 590 g/mol. The number of hydrogen-bond donors (Lipinski definition) is 4. The summed E-state index contributed by atoms with van der Waals surface area (Å²) in [7, 11) is 1.24. The van der Waals surface area contributed by atoms with Gasteiger partial charge in [-0.1, -0.05) is 46.6 Å². The third-order valence-electron chi connectivity index (χ3n) is 6.27. The highest BCUT2D eigenvalue weighted by Gasteiger charge is 2.24. The van der Waals surface area contributed by atoms with Crippen LogP contribution in [0.2, 0.25) is 10.2 Å². The van der Waals surface area contributed by atoms with E-state index in [4.69, 9.17) is 23.2 Å². The third kappa shape index (κ3) is 6.26. The maximum absolute atomic E-state index is 14.5.